The number of Topliss-reactive ketones (excluding diaryl/α,β-unsaturated/α-hetero) is 1. The molecule has 0 fully saturated rings. The molecule has 2 aliphatic rings. The lowest BCUT2D eigenvalue weighted by Gasteiger charge is -2.31. The van der Waals surface area contributed by atoms with Crippen molar-refractivity contribution in [1.29, 1.82) is 0 Å². The zero-order valence-electron chi connectivity index (χ0n) is 15.7. The Kier molecular flexibility index (Phi) is 4.70. The SMILES string of the molecule is Cc1c2c(cc3c1O/C(=C\c1ccc(Cl)cc1)C3=O)CN(CC(C)C)CO2. The van der Waals surface area contributed by atoms with E-state index in [0.29, 0.717) is 34.7 Å². The van der Waals surface area contributed by atoms with Gasteiger partial charge < -0.3 is 9.47 Å². The summed E-state index contributed by atoms with van der Waals surface area (Å²) in [6.45, 7) is 8.64. The largest absolute Gasteiger partial charge is 0.477 e. The second kappa shape index (κ2) is 7.02. The van der Waals surface area contributed by atoms with E-state index in [1.165, 1.54) is 0 Å². The van der Waals surface area contributed by atoms with Crippen molar-refractivity contribution < 1.29 is 14.3 Å². The molecule has 27 heavy (non-hydrogen) atoms. The molecular weight excluding hydrogens is 362 g/mol. The molecule has 140 valence electrons. The predicted octanol–water partition coefficient (Wildman–Crippen LogP) is 5.07. The van der Waals surface area contributed by atoms with E-state index in [-0.39, 0.29) is 5.78 Å². The third-order valence-corrected chi connectivity index (χ3v) is 5.04. The number of ketones is 1. The zero-order valence-corrected chi connectivity index (χ0v) is 16.5. The summed E-state index contributed by atoms with van der Waals surface area (Å²) in [4.78, 5) is 15.1. The van der Waals surface area contributed by atoms with Gasteiger partial charge >= 0.3 is 0 Å². The monoisotopic (exact) mass is 383 g/mol. The first kappa shape index (κ1) is 18.1. The fourth-order valence-corrected chi connectivity index (χ4v) is 3.77. The van der Waals surface area contributed by atoms with E-state index in [1.54, 1.807) is 18.2 Å². The number of carbonyl (C=O) groups excluding carboxylic acids is 1. The fraction of sp³-hybridized carbons (Fsp3) is 0.318. The topological polar surface area (TPSA) is 38.8 Å². The molecule has 0 saturated heterocycles. The first-order chi connectivity index (χ1) is 12.9. The minimum atomic E-state index is -0.0909. The molecule has 5 heteroatoms. The average Bonchev–Trinajstić information content (AvgIpc) is 2.93. The van der Waals surface area contributed by atoms with Crippen LogP contribution in [0.3, 0.4) is 0 Å². The summed E-state index contributed by atoms with van der Waals surface area (Å²) in [5, 5.41) is 0.658. The van der Waals surface area contributed by atoms with E-state index in [2.05, 4.69) is 18.7 Å². The molecule has 0 N–H and O–H groups in total. The number of benzene rings is 2. The minimum Gasteiger partial charge on any atom is -0.477 e. The average molecular weight is 384 g/mol. The van der Waals surface area contributed by atoms with Gasteiger partial charge in [0.05, 0.1) is 5.56 Å². The molecule has 2 heterocycles. The van der Waals surface area contributed by atoms with Crippen LogP contribution in [-0.2, 0) is 6.54 Å². The Labute approximate surface area is 164 Å². The molecule has 4 nitrogen and oxygen atoms in total. The molecule has 2 aliphatic heterocycles. The number of halogens is 1. The summed E-state index contributed by atoms with van der Waals surface area (Å²) < 4.78 is 11.9. The normalized spacial score (nSPS) is 17.7. The Hall–Kier alpha value is -2.30. The van der Waals surface area contributed by atoms with Crippen molar-refractivity contribution in [2.45, 2.75) is 27.3 Å². The van der Waals surface area contributed by atoms with E-state index in [4.69, 9.17) is 21.1 Å². The molecule has 0 spiro atoms. The molecule has 0 aliphatic carbocycles. The molecule has 2 aromatic carbocycles. The Balaban J connectivity index is 1.66. The number of carbonyl (C=O) groups is 1. The van der Waals surface area contributed by atoms with Gasteiger partial charge in [-0.25, -0.2) is 0 Å². The molecule has 0 radical (unpaired) electrons. The molecule has 4 rings (SSSR count). The van der Waals surface area contributed by atoms with Crippen molar-refractivity contribution in [2.24, 2.45) is 5.92 Å². The summed E-state index contributed by atoms with van der Waals surface area (Å²) in [6.07, 6.45) is 1.75. The number of allylic oxidation sites excluding steroid dienone is 1. The number of ether oxygens (including phenoxy) is 2. The zero-order chi connectivity index (χ0) is 19.1. The van der Waals surface area contributed by atoms with Crippen molar-refractivity contribution in [2.75, 3.05) is 13.3 Å². The number of fused-ring (bicyclic) bond motifs is 2. The standard InChI is InChI=1S/C22H22ClNO3/c1-13(2)10-24-11-16-9-18-20(25)19(8-15-4-6-17(23)7-5-15)27-22(18)14(3)21(16)26-12-24/h4-9,13H,10-12H2,1-3H3/b19-8-. The maximum absolute atomic E-state index is 12.9. The lowest BCUT2D eigenvalue weighted by Crippen LogP contribution is -2.35. The van der Waals surface area contributed by atoms with Crippen LogP contribution in [0.15, 0.2) is 36.1 Å². The van der Waals surface area contributed by atoms with Gasteiger partial charge in [0.1, 0.15) is 18.2 Å². The highest BCUT2D eigenvalue weighted by molar-refractivity contribution is 6.30. The lowest BCUT2D eigenvalue weighted by atomic mass is 9.99. The Morgan fingerprint density at radius 3 is 2.67 bits per heavy atom. The van der Waals surface area contributed by atoms with Crippen molar-refractivity contribution >= 4 is 23.5 Å². The van der Waals surface area contributed by atoms with E-state index in [0.717, 1.165) is 35.5 Å². The number of hydrogen-bond acceptors (Lipinski definition) is 4. The van der Waals surface area contributed by atoms with Crippen LogP contribution in [0.1, 0.15) is 40.9 Å². The summed E-state index contributed by atoms with van der Waals surface area (Å²) in [5.74, 6) is 2.25. The van der Waals surface area contributed by atoms with Gasteiger partial charge in [-0.05, 0) is 42.7 Å². The van der Waals surface area contributed by atoms with Crippen LogP contribution in [0, 0.1) is 12.8 Å². The van der Waals surface area contributed by atoms with Crippen LogP contribution in [0.5, 0.6) is 11.5 Å². The third-order valence-electron chi connectivity index (χ3n) is 4.79. The highest BCUT2D eigenvalue weighted by Gasteiger charge is 2.33. The highest BCUT2D eigenvalue weighted by Crippen LogP contribution is 2.43. The van der Waals surface area contributed by atoms with Crippen LogP contribution >= 0.6 is 11.6 Å². The van der Waals surface area contributed by atoms with Crippen molar-refractivity contribution in [1.82, 2.24) is 4.90 Å². The summed E-state index contributed by atoms with van der Waals surface area (Å²) in [5.41, 5.74) is 3.42. The maximum atomic E-state index is 12.9. The second-order valence-electron chi connectivity index (χ2n) is 7.54. The van der Waals surface area contributed by atoms with Crippen LogP contribution in [-0.4, -0.2) is 24.0 Å². The highest BCUT2D eigenvalue weighted by atomic mass is 35.5. The molecule has 0 saturated carbocycles. The van der Waals surface area contributed by atoms with Gasteiger partial charge in [-0.2, -0.15) is 0 Å². The molecule has 0 unspecified atom stereocenters. The van der Waals surface area contributed by atoms with Gasteiger partial charge in [-0.15, -0.1) is 0 Å². The van der Waals surface area contributed by atoms with Gasteiger partial charge in [0.2, 0.25) is 5.78 Å². The lowest BCUT2D eigenvalue weighted by molar-refractivity contribution is 0.0835. The predicted molar refractivity (Wildman–Crippen MR) is 106 cm³/mol. The number of hydrogen-bond donors (Lipinski definition) is 0. The Morgan fingerprint density at radius 1 is 1.22 bits per heavy atom. The van der Waals surface area contributed by atoms with Gasteiger partial charge in [-0.3, -0.25) is 9.69 Å². The Morgan fingerprint density at radius 2 is 1.96 bits per heavy atom. The van der Waals surface area contributed by atoms with Crippen molar-refractivity contribution in [3.05, 3.63) is 63.4 Å². The second-order valence-corrected chi connectivity index (χ2v) is 7.97. The van der Waals surface area contributed by atoms with Crippen LogP contribution in [0.4, 0.5) is 0 Å². The first-order valence-corrected chi connectivity index (χ1v) is 9.51. The van der Waals surface area contributed by atoms with Gasteiger partial charge in [0.15, 0.2) is 5.76 Å². The molecule has 2 aromatic rings. The smallest absolute Gasteiger partial charge is 0.231 e. The Bertz CT molecular complexity index is 932. The quantitative estimate of drug-likeness (QED) is 0.693. The number of rotatable bonds is 3. The van der Waals surface area contributed by atoms with Gasteiger partial charge in [0, 0.05) is 29.2 Å². The summed E-state index contributed by atoms with van der Waals surface area (Å²) in [6, 6.07) is 9.23. The van der Waals surface area contributed by atoms with Crippen molar-refractivity contribution in [3.8, 4) is 11.5 Å². The van der Waals surface area contributed by atoms with Crippen LogP contribution < -0.4 is 9.47 Å². The third kappa shape index (κ3) is 3.47. The summed E-state index contributed by atoms with van der Waals surface area (Å²) in [7, 11) is 0. The summed E-state index contributed by atoms with van der Waals surface area (Å²) >= 11 is 5.93. The van der Waals surface area contributed by atoms with E-state index < -0.39 is 0 Å². The molecule has 0 bridgehead atoms. The van der Waals surface area contributed by atoms with Gasteiger partial charge in [0.25, 0.3) is 0 Å². The minimum absolute atomic E-state index is 0.0909. The molecule has 0 atom stereocenters. The molecular formula is C22H22ClNO3. The maximum Gasteiger partial charge on any atom is 0.231 e. The number of nitrogens with zero attached hydrogens (tertiary/aromatic N) is 1. The van der Waals surface area contributed by atoms with Crippen LogP contribution in [0.25, 0.3) is 6.08 Å². The molecule has 0 amide bonds. The van der Waals surface area contributed by atoms with Crippen LogP contribution in [0.2, 0.25) is 5.02 Å². The van der Waals surface area contributed by atoms with Gasteiger partial charge in [-0.1, -0.05) is 37.6 Å². The molecule has 0 aromatic heterocycles. The first-order valence-electron chi connectivity index (χ1n) is 9.14. The fourth-order valence-electron chi connectivity index (χ4n) is 3.64. The van der Waals surface area contributed by atoms with E-state index >= 15 is 0 Å². The van der Waals surface area contributed by atoms with E-state index in [1.807, 2.05) is 25.1 Å². The van der Waals surface area contributed by atoms with Crippen molar-refractivity contribution in [3.63, 3.8) is 0 Å². The van der Waals surface area contributed by atoms with E-state index in [9.17, 15) is 4.79 Å².